The summed E-state index contributed by atoms with van der Waals surface area (Å²) < 4.78 is 9.88. The molecule has 3 rings (SSSR count). The van der Waals surface area contributed by atoms with Crippen molar-refractivity contribution in [2.45, 2.75) is 51.7 Å². The fraction of sp³-hybridized carbons (Fsp3) is 0.400. The van der Waals surface area contributed by atoms with Gasteiger partial charge in [0, 0.05) is 37.2 Å². The number of rotatable bonds is 8. The Kier molecular flexibility index (Phi) is 7.79. The van der Waals surface area contributed by atoms with E-state index in [0.717, 1.165) is 21.4 Å². The number of hydrogen-bond acceptors (Lipinski definition) is 4. The highest BCUT2D eigenvalue weighted by Crippen LogP contribution is 2.30. The minimum absolute atomic E-state index is 0.197. The summed E-state index contributed by atoms with van der Waals surface area (Å²) in [4.78, 5) is 25.6. The maximum atomic E-state index is 13.3. The van der Waals surface area contributed by atoms with Crippen LogP contribution in [0.4, 0.5) is 0 Å². The standard InChI is InChI=1S/C25H31BrN4O3/c1-25(2,3)33-22(31)12-11-18(15-17-9-7-6-8-10-17)28-24(32)21-16-19(26)23(29(21)4)20-13-14-27-30(20)5/h6-10,13-14,16,18H,11-12,15H2,1-5H3,(H,28,32). The summed E-state index contributed by atoms with van der Waals surface area (Å²) in [5.41, 5.74) is 2.85. The maximum Gasteiger partial charge on any atom is 0.306 e. The number of aryl methyl sites for hydroxylation is 1. The first kappa shape index (κ1) is 24.8. The van der Waals surface area contributed by atoms with Gasteiger partial charge in [0.2, 0.25) is 0 Å². The zero-order valence-electron chi connectivity index (χ0n) is 19.8. The van der Waals surface area contributed by atoms with Gasteiger partial charge in [0.1, 0.15) is 11.3 Å². The molecule has 2 heterocycles. The normalized spacial score (nSPS) is 12.4. The van der Waals surface area contributed by atoms with Crippen LogP contribution in [0.15, 0.2) is 53.1 Å². The molecule has 8 heteroatoms. The van der Waals surface area contributed by atoms with Gasteiger partial charge in [-0.2, -0.15) is 5.10 Å². The van der Waals surface area contributed by atoms with Gasteiger partial charge in [0.15, 0.2) is 0 Å². The summed E-state index contributed by atoms with van der Waals surface area (Å²) in [7, 11) is 3.72. The molecule has 0 aliphatic heterocycles. The Balaban J connectivity index is 1.78. The van der Waals surface area contributed by atoms with E-state index >= 15 is 0 Å². The van der Waals surface area contributed by atoms with Crippen molar-refractivity contribution in [1.82, 2.24) is 19.7 Å². The molecule has 176 valence electrons. The van der Waals surface area contributed by atoms with E-state index in [1.54, 1.807) is 10.9 Å². The number of nitrogens with one attached hydrogen (secondary N) is 1. The quantitative estimate of drug-likeness (QED) is 0.443. The molecule has 1 N–H and O–H groups in total. The van der Waals surface area contributed by atoms with Gasteiger partial charge in [0.05, 0.1) is 11.4 Å². The van der Waals surface area contributed by atoms with E-state index in [1.165, 1.54) is 0 Å². The van der Waals surface area contributed by atoms with E-state index < -0.39 is 5.60 Å². The van der Waals surface area contributed by atoms with Crippen LogP contribution >= 0.6 is 15.9 Å². The van der Waals surface area contributed by atoms with Crippen LogP contribution in [-0.4, -0.2) is 37.9 Å². The smallest absolute Gasteiger partial charge is 0.306 e. The molecule has 2 aromatic heterocycles. The lowest BCUT2D eigenvalue weighted by atomic mass is 10.0. The van der Waals surface area contributed by atoms with Crippen LogP contribution in [0.1, 0.15) is 49.7 Å². The van der Waals surface area contributed by atoms with Gasteiger partial charge in [-0.25, -0.2) is 0 Å². The highest BCUT2D eigenvalue weighted by molar-refractivity contribution is 9.10. The number of aromatic nitrogens is 3. The summed E-state index contributed by atoms with van der Waals surface area (Å²) in [6.45, 7) is 5.55. The fourth-order valence-electron chi connectivity index (χ4n) is 3.75. The average Bonchev–Trinajstić information content (AvgIpc) is 3.27. The average molecular weight is 515 g/mol. The number of hydrogen-bond donors (Lipinski definition) is 1. The Morgan fingerprint density at radius 2 is 1.85 bits per heavy atom. The second-order valence-electron chi connectivity index (χ2n) is 9.11. The monoisotopic (exact) mass is 514 g/mol. The van der Waals surface area contributed by atoms with E-state index in [-0.39, 0.29) is 24.3 Å². The number of esters is 1. The molecule has 0 spiro atoms. The molecule has 1 unspecified atom stereocenters. The number of carbonyl (C=O) groups excluding carboxylic acids is 2. The van der Waals surface area contributed by atoms with E-state index in [1.807, 2.05) is 81.9 Å². The molecule has 0 aliphatic carbocycles. The summed E-state index contributed by atoms with van der Waals surface area (Å²) in [6.07, 6.45) is 3.05. The molecule has 0 saturated carbocycles. The van der Waals surface area contributed by atoms with Gasteiger partial charge in [-0.15, -0.1) is 0 Å². The van der Waals surface area contributed by atoms with Gasteiger partial charge in [-0.05, 0) is 67.2 Å². The lowest BCUT2D eigenvalue weighted by molar-refractivity contribution is -0.155. The molecule has 0 radical (unpaired) electrons. The SMILES string of the molecule is Cn1nccc1-c1c(Br)cc(C(=O)NC(CCC(=O)OC(C)(C)C)Cc2ccccc2)n1C. The Morgan fingerprint density at radius 1 is 1.15 bits per heavy atom. The third kappa shape index (κ3) is 6.57. The number of halogens is 1. The maximum absolute atomic E-state index is 13.3. The molecule has 7 nitrogen and oxygen atoms in total. The van der Waals surface area contributed by atoms with Crippen molar-refractivity contribution >= 4 is 27.8 Å². The molecule has 3 aromatic rings. The van der Waals surface area contributed by atoms with Crippen LogP contribution in [0.3, 0.4) is 0 Å². The van der Waals surface area contributed by atoms with E-state index in [4.69, 9.17) is 4.74 Å². The van der Waals surface area contributed by atoms with Gasteiger partial charge < -0.3 is 14.6 Å². The number of carbonyl (C=O) groups is 2. The van der Waals surface area contributed by atoms with Crippen molar-refractivity contribution in [1.29, 1.82) is 0 Å². The van der Waals surface area contributed by atoms with Crippen molar-refractivity contribution in [3.05, 3.63) is 64.4 Å². The highest BCUT2D eigenvalue weighted by Gasteiger charge is 2.23. The Morgan fingerprint density at radius 3 is 2.45 bits per heavy atom. The molecule has 33 heavy (non-hydrogen) atoms. The van der Waals surface area contributed by atoms with Crippen LogP contribution in [0.5, 0.6) is 0 Å². The van der Waals surface area contributed by atoms with Crippen LogP contribution in [0.25, 0.3) is 11.4 Å². The van der Waals surface area contributed by atoms with Crippen molar-refractivity contribution in [3.8, 4) is 11.4 Å². The van der Waals surface area contributed by atoms with Gasteiger partial charge in [0.25, 0.3) is 5.91 Å². The van der Waals surface area contributed by atoms with Crippen molar-refractivity contribution < 1.29 is 14.3 Å². The Bertz CT molecular complexity index is 1110. The fourth-order valence-corrected chi connectivity index (χ4v) is 4.44. The molecular weight excluding hydrogens is 484 g/mol. The van der Waals surface area contributed by atoms with E-state index in [2.05, 4.69) is 26.3 Å². The third-order valence-electron chi connectivity index (χ3n) is 5.26. The molecule has 0 bridgehead atoms. The summed E-state index contributed by atoms with van der Waals surface area (Å²) in [5, 5.41) is 7.36. The number of nitrogens with zero attached hydrogens (tertiary/aromatic N) is 3. The van der Waals surface area contributed by atoms with Crippen LogP contribution in [0, 0.1) is 0 Å². The predicted octanol–water partition coefficient (Wildman–Crippen LogP) is 4.65. The zero-order valence-corrected chi connectivity index (χ0v) is 21.3. The Hall–Kier alpha value is -2.87. The van der Waals surface area contributed by atoms with Crippen LogP contribution in [-0.2, 0) is 30.0 Å². The highest BCUT2D eigenvalue weighted by atomic mass is 79.9. The topological polar surface area (TPSA) is 78.2 Å². The molecule has 1 aromatic carbocycles. The molecule has 0 saturated heterocycles. The van der Waals surface area contributed by atoms with Crippen molar-refractivity contribution in [2.75, 3.05) is 0 Å². The second-order valence-corrected chi connectivity index (χ2v) is 9.96. The van der Waals surface area contributed by atoms with Gasteiger partial charge >= 0.3 is 5.97 Å². The molecule has 0 aliphatic rings. The lowest BCUT2D eigenvalue weighted by Gasteiger charge is -2.22. The zero-order chi connectivity index (χ0) is 24.2. The summed E-state index contributed by atoms with van der Waals surface area (Å²) in [6, 6.07) is 13.4. The van der Waals surface area contributed by atoms with Gasteiger partial charge in [-0.1, -0.05) is 30.3 Å². The molecular formula is C25H31BrN4O3. The number of ether oxygens (including phenoxy) is 1. The summed E-state index contributed by atoms with van der Waals surface area (Å²) >= 11 is 3.59. The lowest BCUT2D eigenvalue weighted by Crippen LogP contribution is -2.38. The first-order valence-corrected chi connectivity index (χ1v) is 11.7. The molecule has 0 fully saturated rings. The van der Waals surface area contributed by atoms with Gasteiger partial charge in [-0.3, -0.25) is 14.3 Å². The number of amides is 1. The molecule has 1 amide bonds. The first-order chi connectivity index (χ1) is 15.5. The summed E-state index contributed by atoms with van der Waals surface area (Å²) in [5.74, 6) is -0.466. The molecule has 1 atom stereocenters. The largest absolute Gasteiger partial charge is 0.460 e. The van der Waals surface area contributed by atoms with Crippen molar-refractivity contribution in [2.24, 2.45) is 14.1 Å². The van der Waals surface area contributed by atoms with Crippen molar-refractivity contribution in [3.63, 3.8) is 0 Å². The minimum Gasteiger partial charge on any atom is -0.460 e. The van der Waals surface area contributed by atoms with Crippen LogP contribution < -0.4 is 5.32 Å². The van der Waals surface area contributed by atoms with E-state index in [9.17, 15) is 9.59 Å². The second kappa shape index (κ2) is 10.4. The number of benzene rings is 1. The predicted molar refractivity (Wildman–Crippen MR) is 132 cm³/mol. The van der Waals surface area contributed by atoms with Crippen LogP contribution in [0.2, 0.25) is 0 Å². The first-order valence-electron chi connectivity index (χ1n) is 11.0. The van der Waals surface area contributed by atoms with E-state index in [0.29, 0.717) is 18.5 Å². The minimum atomic E-state index is -0.535. The third-order valence-corrected chi connectivity index (χ3v) is 5.86. The Labute approximate surface area is 203 Å².